The maximum atomic E-state index is 11.7. The Bertz CT molecular complexity index is 325. The van der Waals surface area contributed by atoms with Crippen LogP contribution in [0.15, 0.2) is 0 Å². The van der Waals surface area contributed by atoms with Crippen molar-refractivity contribution < 1.29 is 14.3 Å². The minimum Gasteiger partial charge on any atom is -0.465 e. The lowest BCUT2D eigenvalue weighted by atomic mass is 10.1. The van der Waals surface area contributed by atoms with E-state index < -0.39 is 5.92 Å². The van der Waals surface area contributed by atoms with Gasteiger partial charge in [0.1, 0.15) is 11.7 Å². The summed E-state index contributed by atoms with van der Waals surface area (Å²) >= 11 is 0. The topological polar surface area (TPSA) is 43.4 Å². The van der Waals surface area contributed by atoms with E-state index in [1.165, 1.54) is 64.2 Å². The lowest BCUT2D eigenvalue weighted by Gasteiger charge is -2.08. The summed E-state index contributed by atoms with van der Waals surface area (Å²) in [5, 5.41) is 0. The molecular weight excluding hydrogens is 288 g/mol. The summed E-state index contributed by atoms with van der Waals surface area (Å²) in [7, 11) is 0. The van der Waals surface area contributed by atoms with Crippen molar-refractivity contribution >= 4 is 11.8 Å². The highest BCUT2D eigenvalue weighted by atomic mass is 16.5. The number of ketones is 1. The molecular formula is C20H36O3. The van der Waals surface area contributed by atoms with Crippen LogP contribution < -0.4 is 0 Å². The van der Waals surface area contributed by atoms with Crippen molar-refractivity contribution in [2.45, 2.75) is 103 Å². The molecule has 3 heteroatoms. The normalized spacial score (nSPS) is 17.6. The minimum atomic E-state index is -0.452. The quantitative estimate of drug-likeness (QED) is 0.237. The summed E-state index contributed by atoms with van der Waals surface area (Å²) in [5.41, 5.74) is 0. The third kappa shape index (κ3) is 9.78. The molecule has 0 spiro atoms. The largest absolute Gasteiger partial charge is 0.465 e. The van der Waals surface area contributed by atoms with Crippen molar-refractivity contribution in [1.82, 2.24) is 0 Å². The Hall–Kier alpha value is -0.860. The molecule has 0 aliphatic heterocycles. The van der Waals surface area contributed by atoms with Gasteiger partial charge in [0.15, 0.2) is 0 Å². The number of carbonyl (C=O) groups excluding carboxylic acids is 2. The van der Waals surface area contributed by atoms with E-state index in [0.29, 0.717) is 19.4 Å². The maximum absolute atomic E-state index is 11.7. The van der Waals surface area contributed by atoms with Gasteiger partial charge >= 0.3 is 5.97 Å². The zero-order chi connectivity index (χ0) is 16.8. The van der Waals surface area contributed by atoms with Crippen LogP contribution in [0.5, 0.6) is 0 Å². The van der Waals surface area contributed by atoms with Gasteiger partial charge in [-0.05, 0) is 19.3 Å². The van der Waals surface area contributed by atoms with Crippen molar-refractivity contribution in [3.8, 4) is 0 Å². The van der Waals surface area contributed by atoms with E-state index in [-0.39, 0.29) is 11.8 Å². The Labute approximate surface area is 142 Å². The van der Waals surface area contributed by atoms with Gasteiger partial charge in [-0.1, -0.05) is 77.6 Å². The fourth-order valence-electron chi connectivity index (χ4n) is 3.28. The molecule has 1 unspecified atom stereocenters. The molecule has 0 aromatic heterocycles. The molecule has 0 N–H and O–H groups in total. The monoisotopic (exact) mass is 324 g/mol. The van der Waals surface area contributed by atoms with Crippen molar-refractivity contribution in [3.05, 3.63) is 0 Å². The van der Waals surface area contributed by atoms with Gasteiger partial charge < -0.3 is 4.74 Å². The molecule has 1 aliphatic carbocycles. The number of rotatable bonds is 14. The SMILES string of the molecule is CCCCCCCCCCCCCCOC(=O)C1CCCC1=O. The van der Waals surface area contributed by atoms with E-state index in [9.17, 15) is 9.59 Å². The third-order valence-corrected chi connectivity index (χ3v) is 4.83. The number of hydrogen-bond donors (Lipinski definition) is 0. The van der Waals surface area contributed by atoms with Crippen LogP contribution in [0, 0.1) is 5.92 Å². The molecule has 0 radical (unpaired) electrons. The van der Waals surface area contributed by atoms with Crippen LogP contribution in [-0.4, -0.2) is 18.4 Å². The average Bonchev–Trinajstić information content (AvgIpc) is 2.98. The van der Waals surface area contributed by atoms with Crippen molar-refractivity contribution in [2.24, 2.45) is 5.92 Å². The molecule has 0 amide bonds. The molecule has 23 heavy (non-hydrogen) atoms. The van der Waals surface area contributed by atoms with E-state index in [4.69, 9.17) is 4.74 Å². The van der Waals surface area contributed by atoms with E-state index in [2.05, 4.69) is 6.92 Å². The van der Waals surface area contributed by atoms with Crippen LogP contribution in [0.25, 0.3) is 0 Å². The first-order valence-corrected chi connectivity index (χ1v) is 9.95. The molecule has 1 fully saturated rings. The number of carbonyl (C=O) groups is 2. The Morgan fingerprint density at radius 2 is 1.43 bits per heavy atom. The van der Waals surface area contributed by atoms with Crippen LogP contribution in [0.4, 0.5) is 0 Å². The zero-order valence-corrected chi connectivity index (χ0v) is 15.1. The molecule has 0 aromatic rings. The Kier molecular flexibility index (Phi) is 11.9. The summed E-state index contributed by atoms with van der Waals surface area (Å²) in [6.07, 6.45) is 17.7. The summed E-state index contributed by atoms with van der Waals surface area (Å²) in [6, 6.07) is 0. The summed E-state index contributed by atoms with van der Waals surface area (Å²) in [5.74, 6) is -0.660. The first kappa shape index (κ1) is 20.2. The van der Waals surface area contributed by atoms with Crippen molar-refractivity contribution in [2.75, 3.05) is 6.61 Å². The van der Waals surface area contributed by atoms with Gasteiger partial charge in [-0.3, -0.25) is 9.59 Å². The molecule has 1 rings (SSSR count). The highest BCUT2D eigenvalue weighted by Gasteiger charge is 2.31. The van der Waals surface area contributed by atoms with Crippen LogP contribution in [0.1, 0.15) is 103 Å². The van der Waals surface area contributed by atoms with Gasteiger partial charge in [-0.25, -0.2) is 0 Å². The fraction of sp³-hybridized carbons (Fsp3) is 0.900. The predicted molar refractivity (Wildman–Crippen MR) is 94.4 cm³/mol. The number of esters is 1. The Morgan fingerprint density at radius 3 is 1.91 bits per heavy atom. The van der Waals surface area contributed by atoms with Gasteiger partial charge in [-0.15, -0.1) is 0 Å². The van der Waals surface area contributed by atoms with E-state index in [1.807, 2.05) is 0 Å². The van der Waals surface area contributed by atoms with Gasteiger partial charge in [0.05, 0.1) is 6.61 Å². The first-order valence-electron chi connectivity index (χ1n) is 9.95. The average molecular weight is 325 g/mol. The smallest absolute Gasteiger partial charge is 0.316 e. The third-order valence-electron chi connectivity index (χ3n) is 4.83. The highest BCUT2D eigenvalue weighted by molar-refractivity contribution is 6.00. The molecule has 1 saturated carbocycles. The van der Waals surface area contributed by atoms with Crippen molar-refractivity contribution in [1.29, 1.82) is 0 Å². The number of Topliss-reactive ketones (excluding diaryl/α,β-unsaturated/α-hetero) is 1. The Balaban J connectivity index is 1.79. The highest BCUT2D eigenvalue weighted by Crippen LogP contribution is 2.22. The number of ether oxygens (including phenoxy) is 1. The first-order chi connectivity index (χ1) is 11.3. The number of hydrogen-bond acceptors (Lipinski definition) is 3. The molecule has 1 atom stereocenters. The number of unbranched alkanes of at least 4 members (excludes halogenated alkanes) is 11. The molecule has 0 aromatic carbocycles. The molecule has 0 heterocycles. The standard InChI is InChI=1S/C20H36O3/c1-2-3-4-5-6-7-8-9-10-11-12-13-17-23-20(22)18-15-14-16-19(18)21/h18H,2-17H2,1H3. The second kappa shape index (κ2) is 13.6. The lowest BCUT2D eigenvalue weighted by Crippen LogP contribution is -2.21. The van der Waals surface area contributed by atoms with Crippen LogP contribution in [0.2, 0.25) is 0 Å². The van der Waals surface area contributed by atoms with E-state index >= 15 is 0 Å². The van der Waals surface area contributed by atoms with Gasteiger partial charge in [0, 0.05) is 6.42 Å². The molecule has 0 bridgehead atoms. The zero-order valence-electron chi connectivity index (χ0n) is 15.1. The second-order valence-electron chi connectivity index (χ2n) is 6.97. The Morgan fingerprint density at radius 1 is 0.913 bits per heavy atom. The van der Waals surface area contributed by atoms with Gasteiger partial charge in [0.2, 0.25) is 0 Å². The summed E-state index contributed by atoms with van der Waals surface area (Å²) in [6.45, 7) is 2.75. The van der Waals surface area contributed by atoms with Gasteiger partial charge in [-0.2, -0.15) is 0 Å². The molecule has 0 saturated heterocycles. The lowest BCUT2D eigenvalue weighted by molar-refractivity contribution is -0.151. The van der Waals surface area contributed by atoms with Crippen LogP contribution in [0.3, 0.4) is 0 Å². The molecule has 1 aliphatic rings. The van der Waals surface area contributed by atoms with E-state index in [0.717, 1.165) is 19.3 Å². The van der Waals surface area contributed by atoms with Gasteiger partial charge in [0.25, 0.3) is 0 Å². The molecule has 134 valence electrons. The predicted octanol–water partition coefficient (Wildman–Crippen LogP) is 5.60. The van der Waals surface area contributed by atoms with Crippen LogP contribution >= 0.6 is 0 Å². The fourth-order valence-corrected chi connectivity index (χ4v) is 3.28. The van der Waals surface area contributed by atoms with E-state index in [1.54, 1.807) is 0 Å². The maximum Gasteiger partial charge on any atom is 0.316 e. The van der Waals surface area contributed by atoms with Crippen LogP contribution in [-0.2, 0) is 14.3 Å². The summed E-state index contributed by atoms with van der Waals surface area (Å²) < 4.78 is 5.23. The second-order valence-corrected chi connectivity index (χ2v) is 6.97. The summed E-state index contributed by atoms with van der Waals surface area (Å²) in [4.78, 5) is 23.2. The van der Waals surface area contributed by atoms with Crippen molar-refractivity contribution in [3.63, 3.8) is 0 Å². The minimum absolute atomic E-state index is 0.0738. The molecule has 3 nitrogen and oxygen atoms in total.